The van der Waals surface area contributed by atoms with Crippen molar-refractivity contribution < 1.29 is 5.11 Å². The number of nitrogens with zero attached hydrogens (tertiary/aromatic N) is 2. The Labute approximate surface area is 127 Å². The van der Waals surface area contributed by atoms with Gasteiger partial charge in [-0.2, -0.15) is 0 Å². The van der Waals surface area contributed by atoms with Gasteiger partial charge in [0, 0.05) is 18.5 Å². The van der Waals surface area contributed by atoms with E-state index in [4.69, 9.17) is 4.98 Å². The monoisotopic (exact) mass is 289 g/mol. The molecule has 0 radical (unpaired) electrons. The smallest absolute Gasteiger partial charge is 0.109 e. The number of aliphatic hydroxyl groups is 1. The molecule has 4 nitrogen and oxygen atoms in total. The number of para-hydroxylation sites is 2. The van der Waals surface area contributed by atoms with Gasteiger partial charge in [0.1, 0.15) is 5.82 Å². The molecule has 0 bridgehead atoms. The maximum atomic E-state index is 9.64. The molecule has 21 heavy (non-hydrogen) atoms. The van der Waals surface area contributed by atoms with Crippen LogP contribution in [-0.2, 0) is 13.0 Å². The molecule has 0 aliphatic heterocycles. The minimum atomic E-state index is -0.233. The van der Waals surface area contributed by atoms with E-state index < -0.39 is 0 Å². The van der Waals surface area contributed by atoms with Gasteiger partial charge < -0.3 is 15.0 Å². The maximum absolute atomic E-state index is 9.64. The lowest BCUT2D eigenvalue weighted by Gasteiger charge is -2.29. The third-order valence-electron chi connectivity index (χ3n) is 4.05. The molecule has 1 aromatic carbocycles. The number of rotatable bonds is 8. The number of likely N-dealkylation sites (N-methyl/N-ethyl adjacent to an activating group) is 1. The Bertz CT molecular complexity index is 578. The standard InChI is InChI=1S/C17H27N3O/c1-4-8-16-19-14-9-6-7-10-15(14)20(16)12-11-17(3,13-21)18-5-2/h6-7,9-10,18,21H,4-5,8,11-13H2,1-3H3. The van der Waals surface area contributed by atoms with Gasteiger partial charge in [0.25, 0.3) is 0 Å². The molecule has 0 aliphatic rings. The fraction of sp³-hybridized carbons (Fsp3) is 0.588. The molecular formula is C17H27N3O. The Morgan fingerprint density at radius 3 is 2.71 bits per heavy atom. The molecule has 0 fully saturated rings. The van der Waals surface area contributed by atoms with Crippen LogP contribution in [0.15, 0.2) is 24.3 Å². The van der Waals surface area contributed by atoms with Gasteiger partial charge in [-0.25, -0.2) is 4.98 Å². The Balaban J connectivity index is 2.25. The highest BCUT2D eigenvalue weighted by molar-refractivity contribution is 5.75. The second kappa shape index (κ2) is 7.05. The van der Waals surface area contributed by atoms with Crippen LogP contribution in [0.3, 0.4) is 0 Å². The van der Waals surface area contributed by atoms with Gasteiger partial charge >= 0.3 is 0 Å². The van der Waals surface area contributed by atoms with Gasteiger partial charge in [-0.05, 0) is 38.4 Å². The summed E-state index contributed by atoms with van der Waals surface area (Å²) in [4.78, 5) is 4.75. The van der Waals surface area contributed by atoms with Crippen LogP contribution in [0.1, 0.15) is 39.4 Å². The minimum absolute atomic E-state index is 0.149. The minimum Gasteiger partial charge on any atom is -0.394 e. The second-order valence-electron chi connectivity index (χ2n) is 5.92. The summed E-state index contributed by atoms with van der Waals surface area (Å²) in [6.07, 6.45) is 2.97. The lowest BCUT2D eigenvalue weighted by atomic mass is 9.99. The normalized spacial score (nSPS) is 14.5. The molecule has 0 saturated heterocycles. The van der Waals surface area contributed by atoms with E-state index in [9.17, 15) is 5.11 Å². The van der Waals surface area contributed by atoms with Crippen molar-refractivity contribution in [1.29, 1.82) is 0 Å². The van der Waals surface area contributed by atoms with E-state index in [1.165, 1.54) is 5.52 Å². The van der Waals surface area contributed by atoms with Crippen LogP contribution >= 0.6 is 0 Å². The predicted octanol–water partition coefficient (Wildman–Crippen LogP) is 2.74. The molecular weight excluding hydrogens is 262 g/mol. The summed E-state index contributed by atoms with van der Waals surface area (Å²) in [5.74, 6) is 1.15. The maximum Gasteiger partial charge on any atom is 0.109 e. The quantitative estimate of drug-likeness (QED) is 0.785. The Kier molecular flexibility index (Phi) is 5.37. The molecule has 0 spiro atoms. The zero-order valence-corrected chi connectivity index (χ0v) is 13.4. The topological polar surface area (TPSA) is 50.1 Å². The largest absolute Gasteiger partial charge is 0.394 e. The van der Waals surface area contributed by atoms with Crippen molar-refractivity contribution in [2.24, 2.45) is 0 Å². The molecule has 1 heterocycles. The van der Waals surface area contributed by atoms with Crippen molar-refractivity contribution in [3.05, 3.63) is 30.1 Å². The summed E-state index contributed by atoms with van der Waals surface area (Å²) in [6.45, 7) is 8.22. The average molecular weight is 289 g/mol. The first kappa shape index (κ1) is 16.0. The van der Waals surface area contributed by atoms with Crippen LogP contribution in [-0.4, -0.2) is 33.3 Å². The van der Waals surface area contributed by atoms with Gasteiger partial charge in [0.05, 0.1) is 17.6 Å². The van der Waals surface area contributed by atoms with Crippen molar-refractivity contribution in [2.45, 2.75) is 52.1 Å². The fourth-order valence-corrected chi connectivity index (χ4v) is 2.80. The van der Waals surface area contributed by atoms with Crippen LogP contribution in [0.25, 0.3) is 11.0 Å². The summed E-state index contributed by atoms with van der Waals surface area (Å²) in [5, 5.41) is 13.0. The highest BCUT2D eigenvalue weighted by atomic mass is 16.3. The number of imidazole rings is 1. The van der Waals surface area contributed by atoms with Crippen LogP contribution in [0.5, 0.6) is 0 Å². The van der Waals surface area contributed by atoms with Gasteiger partial charge in [-0.1, -0.05) is 26.0 Å². The van der Waals surface area contributed by atoms with Crippen molar-refractivity contribution in [1.82, 2.24) is 14.9 Å². The van der Waals surface area contributed by atoms with Crippen molar-refractivity contribution >= 4 is 11.0 Å². The SMILES string of the molecule is CCCc1nc2ccccc2n1CCC(C)(CO)NCC. The Morgan fingerprint density at radius 1 is 1.29 bits per heavy atom. The van der Waals surface area contributed by atoms with Gasteiger partial charge in [-0.15, -0.1) is 0 Å². The first-order valence-electron chi connectivity index (χ1n) is 7.93. The van der Waals surface area contributed by atoms with E-state index in [2.05, 4.69) is 48.9 Å². The highest BCUT2D eigenvalue weighted by Crippen LogP contribution is 2.20. The van der Waals surface area contributed by atoms with Crippen LogP contribution < -0.4 is 5.32 Å². The number of aromatic nitrogens is 2. The predicted molar refractivity (Wildman–Crippen MR) is 87.5 cm³/mol. The first-order valence-corrected chi connectivity index (χ1v) is 7.93. The molecule has 116 valence electrons. The van der Waals surface area contributed by atoms with E-state index in [0.717, 1.165) is 43.7 Å². The summed E-state index contributed by atoms with van der Waals surface area (Å²) >= 11 is 0. The summed E-state index contributed by atoms with van der Waals surface area (Å²) in [7, 11) is 0. The van der Waals surface area contributed by atoms with E-state index >= 15 is 0 Å². The second-order valence-corrected chi connectivity index (χ2v) is 5.92. The zero-order chi connectivity index (χ0) is 15.3. The molecule has 2 N–H and O–H groups in total. The van der Waals surface area contributed by atoms with Gasteiger partial charge in [0.15, 0.2) is 0 Å². The average Bonchev–Trinajstić information content (AvgIpc) is 2.83. The molecule has 0 saturated carbocycles. The molecule has 2 rings (SSSR count). The number of nitrogens with one attached hydrogen (secondary N) is 1. The first-order chi connectivity index (χ1) is 10.1. The zero-order valence-electron chi connectivity index (χ0n) is 13.4. The molecule has 0 aliphatic carbocycles. The summed E-state index contributed by atoms with van der Waals surface area (Å²) in [5.41, 5.74) is 2.02. The van der Waals surface area contributed by atoms with Gasteiger partial charge in [0.2, 0.25) is 0 Å². The number of fused-ring (bicyclic) bond motifs is 1. The van der Waals surface area contributed by atoms with Crippen LogP contribution in [0.4, 0.5) is 0 Å². The lowest BCUT2D eigenvalue weighted by molar-refractivity contribution is 0.163. The summed E-state index contributed by atoms with van der Waals surface area (Å²) in [6, 6.07) is 8.29. The molecule has 2 aromatic rings. The Hall–Kier alpha value is -1.39. The fourth-order valence-electron chi connectivity index (χ4n) is 2.80. The third-order valence-corrected chi connectivity index (χ3v) is 4.05. The van der Waals surface area contributed by atoms with E-state index in [-0.39, 0.29) is 12.1 Å². The lowest BCUT2D eigenvalue weighted by Crippen LogP contribution is -2.46. The number of hydrogen-bond donors (Lipinski definition) is 2. The Morgan fingerprint density at radius 2 is 2.05 bits per heavy atom. The van der Waals surface area contributed by atoms with Gasteiger partial charge in [-0.3, -0.25) is 0 Å². The molecule has 1 atom stereocenters. The van der Waals surface area contributed by atoms with E-state index in [1.54, 1.807) is 0 Å². The number of aliphatic hydroxyl groups excluding tert-OH is 1. The van der Waals surface area contributed by atoms with Crippen molar-refractivity contribution in [3.63, 3.8) is 0 Å². The molecule has 1 aromatic heterocycles. The van der Waals surface area contributed by atoms with E-state index in [1.807, 2.05) is 6.07 Å². The highest BCUT2D eigenvalue weighted by Gasteiger charge is 2.22. The molecule has 4 heteroatoms. The van der Waals surface area contributed by atoms with Crippen LogP contribution in [0, 0.1) is 0 Å². The number of hydrogen-bond acceptors (Lipinski definition) is 3. The van der Waals surface area contributed by atoms with Crippen LogP contribution in [0.2, 0.25) is 0 Å². The third kappa shape index (κ3) is 3.63. The number of benzene rings is 1. The summed E-state index contributed by atoms with van der Waals surface area (Å²) < 4.78 is 2.31. The van der Waals surface area contributed by atoms with Crippen molar-refractivity contribution in [3.8, 4) is 0 Å². The van der Waals surface area contributed by atoms with E-state index in [0.29, 0.717) is 0 Å². The number of aryl methyl sites for hydroxylation is 2. The molecule has 1 unspecified atom stereocenters. The molecule has 0 amide bonds. The van der Waals surface area contributed by atoms with Crippen molar-refractivity contribution in [2.75, 3.05) is 13.2 Å².